The first-order valence-corrected chi connectivity index (χ1v) is 13.1. The van der Waals surface area contributed by atoms with Gasteiger partial charge in [0, 0.05) is 22.2 Å². The van der Waals surface area contributed by atoms with Gasteiger partial charge in [0.1, 0.15) is 0 Å². The molecule has 0 radical (unpaired) electrons. The standard InChI is InChI=1S/C36H25N3/c37-28-12-8-11-27(23-28)30-22-21-29(31-13-4-5-14-32(30)31)24-17-19-26(20-18-24)36-38-34-16-7-6-15-33(34)35(39-36)25-9-2-1-3-10-25/h1-23H,37H2. The summed E-state index contributed by atoms with van der Waals surface area (Å²) in [7, 11) is 0. The number of benzene rings is 6. The summed E-state index contributed by atoms with van der Waals surface area (Å²) in [4.78, 5) is 9.94. The minimum atomic E-state index is 0.723. The molecule has 0 aliphatic rings. The highest BCUT2D eigenvalue weighted by atomic mass is 14.9. The predicted molar refractivity (Wildman–Crippen MR) is 163 cm³/mol. The van der Waals surface area contributed by atoms with Gasteiger partial charge < -0.3 is 5.73 Å². The van der Waals surface area contributed by atoms with Crippen molar-refractivity contribution in [3.8, 4) is 44.9 Å². The van der Waals surface area contributed by atoms with E-state index in [1.165, 1.54) is 21.9 Å². The van der Waals surface area contributed by atoms with Crippen LogP contribution in [-0.4, -0.2) is 9.97 Å². The minimum absolute atomic E-state index is 0.723. The molecule has 0 atom stereocenters. The first kappa shape index (κ1) is 22.9. The van der Waals surface area contributed by atoms with Gasteiger partial charge in [-0.3, -0.25) is 0 Å². The second-order valence-corrected chi connectivity index (χ2v) is 9.69. The van der Waals surface area contributed by atoms with Gasteiger partial charge in [0.25, 0.3) is 0 Å². The molecule has 3 nitrogen and oxygen atoms in total. The summed E-state index contributed by atoms with van der Waals surface area (Å²) in [6.07, 6.45) is 0. The fourth-order valence-corrected chi connectivity index (χ4v) is 5.33. The number of anilines is 1. The van der Waals surface area contributed by atoms with Gasteiger partial charge in [0.05, 0.1) is 11.2 Å². The molecule has 7 aromatic rings. The zero-order valence-corrected chi connectivity index (χ0v) is 21.3. The molecule has 39 heavy (non-hydrogen) atoms. The van der Waals surface area contributed by atoms with Crippen molar-refractivity contribution in [2.24, 2.45) is 0 Å². The lowest BCUT2D eigenvalue weighted by atomic mass is 9.91. The Balaban J connectivity index is 1.32. The number of fused-ring (bicyclic) bond motifs is 2. The summed E-state index contributed by atoms with van der Waals surface area (Å²) in [6.45, 7) is 0. The Hall–Kier alpha value is -5.28. The third-order valence-electron chi connectivity index (χ3n) is 7.23. The highest BCUT2D eigenvalue weighted by Gasteiger charge is 2.13. The van der Waals surface area contributed by atoms with Crippen LogP contribution in [0.15, 0.2) is 140 Å². The maximum absolute atomic E-state index is 6.09. The van der Waals surface area contributed by atoms with Gasteiger partial charge in [-0.2, -0.15) is 0 Å². The lowest BCUT2D eigenvalue weighted by molar-refractivity contribution is 1.23. The van der Waals surface area contributed by atoms with E-state index in [0.29, 0.717) is 0 Å². The van der Waals surface area contributed by atoms with Crippen molar-refractivity contribution < 1.29 is 0 Å². The largest absolute Gasteiger partial charge is 0.399 e. The van der Waals surface area contributed by atoms with E-state index in [1.807, 2.05) is 48.5 Å². The van der Waals surface area contributed by atoms with Gasteiger partial charge in [-0.05, 0) is 51.2 Å². The van der Waals surface area contributed by atoms with E-state index < -0.39 is 0 Å². The van der Waals surface area contributed by atoms with Crippen LogP contribution in [0.25, 0.3) is 66.6 Å². The Bertz CT molecular complexity index is 1960. The van der Waals surface area contributed by atoms with Crippen molar-refractivity contribution in [2.45, 2.75) is 0 Å². The zero-order valence-electron chi connectivity index (χ0n) is 21.3. The fourth-order valence-electron chi connectivity index (χ4n) is 5.33. The molecule has 184 valence electrons. The van der Waals surface area contributed by atoms with Crippen LogP contribution in [0.5, 0.6) is 0 Å². The molecule has 0 saturated carbocycles. The highest BCUT2D eigenvalue weighted by Crippen LogP contribution is 2.37. The van der Waals surface area contributed by atoms with E-state index >= 15 is 0 Å². The number of aromatic nitrogens is 2. The Morgan fingerprint density at radius 1 is 0.410 bits per heavy atom. The van der Waals surface area contributed by atoms with Crippen LogP contribution >= 0.6 is 0 Å². The van der Waals surface area contributed by atoms with Crippen molar-refractivity contribution >= 4 is 27.4 Å². The molecule has 1 aromatic heterocycles. The van der Waals surface area contributed by atoms with Crippen molar-refractivity contribution in [1.29, 1.82) is 0 Å². The van der Waals surface area contributed by atoms with Gasteiger partial charge >= 0.3 is 0 Å². The van der Waals surface area contributed by atoms with Crippen LogP contribution in [0.3, 0.4) is 0 Å². The quantitative estimate of drug-likeness (QED) is 0.246. The monoisotopic (exact) mass is 499 g/mol. The number of rotatable bonds is 4. The maximum Gasteiger partial charge on any atom is 0.160 e. The van der Waals surface area contributed by atoms with Gasteiger partial charge in [0.15, 0.2) is 5.82 Å². The summed E-state index contributed by atoms with van der Waals surface area (Å²) >= 11 is 0. The zero-order chi connectivity index (χ0) is 26.2. The Morgan fingerprint density at radius 2 is 1.00 bits per heavy atom. The predicted octanol–water partition coefficient (Wildman–Crippen LogP) is 9.03. The Morgan fingerprint density at radius 3 is 1.72 bits per heavy atom. The first-order valence-electron chi connectivity index (χ1n) is 13.1. The van der Waals surface area contributed by atoms with Crippen LogP contribution in [0, 0.1) is 0 Å². The lowest BCUT2D eigenvalue weighted by Gasteiger charge is -2.13. The second kappa shape index (κ2) is 9.55. The minimum Gasteiger partial charge on any atom is -0.399 e. The second-order valence-electron chi connectivity index (χ2n) is 9.69. The van der Waals surface area contributed by atoms with E-state index in [-0.39, 0.29) is 0 Å². The normalized spacial score (nSPS) is 11.2. The van der Waals surface area contributed by atoms with E-state index in [2.05, 4.69) is 91.0 Å². The first-order chi connectivity index (χ1) is 19.2. The molecule has 6 aromatic carbocycles. The average molecular weight is 500 g/mol. The maximum atomic E-state index is 6.09. The van der Waals surface area contributed by atoms with Crippen molar-refractivity contribution in [1.82, 2.24) is 9.97 Å². The van der Waals surface area contributed by atoms with Crippen LogP contribution in [0.1, 0.15) is 0 Å². The van der Waals surface area contributed by atoms with Crippen LogP contribution in [0.4, 0.5) is 5.69 Å². The molecule has 0 bridgehead atoms. The smallest absolute Gasteiger partial charge is 0.160 e. The van der Waals surface area contributed by atoms with Gasteiger partial charge in [0.2, 0.25) is 0 Å². The van der Waals surface area contributed by atoms with Crippen molar-refractivity contribution in [2.75, 3.05) is 5.73 Å². The number of hydrogen-bond acceptors (Lipinski definition) is 3. The SMILES string of the molecule is Nc1cccc(-c2ccc(-c3ccc(-c4nc(-c5ccccc5)c5ccccc5n4)cc3)c3ccccc23)c1. The van der Waals surface area contributed by atoms with Gasteiger partial charge in [-0.15, -0.1) is 0 Å². The van der Waals surface area contributed by atoms with Crippen molar-refractivity contribution in [3.63, 3.8) is 0 Å². The van der Waals surface area contributed by atoms with Crippen molar-refractivity contribution in [3.05, 3.63) is 140 Å². The topological polar surface area (TPSA) is 51.8 Å². The average Bonchev–Trinajstić information content (AvgIpc) is 3.00. The molecule has 2 N–H and O–H groups in total. The summed E-state index contributed by atoms with van der Waals surface area (Å²) in [5.41, 5.74) is 15.4. The molecule has 0 unspecified atom stereocenters. The summed E-state index contributed by atoms with van der Waals surface area (Å²) in [5, 5.41) is 3.46. The third kappa shape index (κ3) is 4.20. The molecule has 0 aliphatic heterocycles. The Labute approximate surface area is 227 Å². The number of nitrogens with two attached hydrogens (primary N) is 1. The molecule has 3 heteroatoms. The van der Waals surface area contributed by atoms with Crippen LogP contribution in [0.2, 0.25) is 0 Å². The number of para-hydroxylation sites is 1. The molecule has 0 aliphatic carbocycles. The molecular formula is C36H25N3. The summed E-state index contributed by atoms with van der Waals surface area (Å²) in [6, 6.07) is 48.1. The molecule has 0 saturated heterocycles. The highest BCUT2D eigenvalue weighted by molar-refractivity contribution is 6.05. The van der Waals surface area contributed by atoms with Gasteiger partial charge in [-0.25, -0.2) is 9.97 Å². The van der Waals surface area contributed by atoms with E-state index in [9.17, 15) is 0 Å². The molecule has 1 heterocycles. The van der Waals surface area contributed by atoms with E-state index in [0.717, 1.165) is 50.4 Å². The van der Waals surface area contributed by atoms with E-state index in [4.69, 9.17) is 15.7 Å². The van der Waals surface area contributed by atoms with Crippen LogP contribution in [-0.2, 0) is 0 Å². The van der Waals surface area contributed by atoms with Crippen LogP contribution < -0.4 is 5.73 Å². The molecular weight excluding hydrogens is 474 g/mol. The number of nitrogen functional groups attached to an aromatic ring is 1. The number of nitrogens with zero attached hydrogens (tertiary/aromatic N) is 2. The lowest BCUT2D eigenvalue weighted by Crippen LogP contribution is -1.95. The fraction of sp³-hybridized carbons (Fsp3) is 0. The molecule has 7 rings (SSSR count). The number of hydrogen-bond donors (Lipinski definition) is 1. The van der Waals surface area contributed by atoms with Gasteiger partial charge in [-0.1, -0.05) is 121 Å². The summed E-state index contributed by atoms with van der Waals surface area (Å²) in [5.74, 6) is 0.723. The molecule has 0 fully saturated rings. The summed E-state index contributed by atoms with van der Waals surface area (Å²) < 4.78 is 0. The molecule has 0 spiro atoms. The van der Waals surface area contributed by atoms with E-state index in [1.54, 1.807) is 0 Å². The molecule has 0 amide bonds. The third-order valence-corrected chi connectivity index (χ3v) is 7.23. The Kier molecular flexibility index (Phi) is 5.60.